The molecule has 0 saturated carbocycles. The molecule has 2 amide bonds. The molecule has 0 aliphatic heterocycles. The number of benzene rings is 3. The largest absolute Gasteiger partial charge is 0.368 e. The lowest BCUT2D eigenvalue weighted by atomic mass is 10.0. The second kappa shape index (κ2) is 8.52. The summed E-state index contributed by atoms with van der Waals surface area (Å²) in [6.45, 7) is 0. The van der Waals surface area contributed by atoms with Crippen molar-refractivity contribution in [1.29, 1.82) is 0 Å². The van der Waals surface area contributed by atoms with E-state index in [4.69, 9.17) is 17.3 Å². The third kappa shape index (κ3) is 4.96. The first kappa shape index (κ1) is 18.7. The molecule has 0 aliphatic rings. The molecule has 1 atom stereocenters. The standard InChI is InChI=1S/C22H19ClN2O2/c23-19-11-9-16(10-12-19)17-7-4-8-18(14-17)22(27)25-20(21(24)26)13-15-5-2-1-3-6-15/h1-12,14,20H,13H2,(H2,24,26)(H,25,27)/t20-/m0/s1. The Labute approximate surface area is 163 Å². The molecule has 0 radical (unpaired) electrons. The Morgan fingerprint density at radius 3 is 2.26 bits per heavy atom. The number of halogens is 1. The topological polar surface area (TPSA) is 72.2 Å². The maximum Gasteiger partial charge on any atom is 0.251 e. The minimum absolute atomic E-state index is 0.342. The van der Waals surface area contributed by atoms with E-state index in [0.717, 1.165) is 16.7 Å². The van der Waals surface area contributed by atoms with Crippen LogP contribution in [0.3, 0.4) is 0 Å². The molecule has 0 spiro atoms. The quantitative estimate of drug-likeness (QED) is 0.684. The minimum atomic E-state index is -0.779. The normalized spacial score (nSPS) is 11.6. The van der Waals surface area contributed by atoms with Gasteiger partial charge in [0.15, 0.2) is 0 Å². The molecule has 4 nitrogen and oxygen atoms in total. The first-order valence-electron chi connectivity index (χ1n) is 8.53. The van der Waals surface area contributed by atoms with Crippen LogP contribution in [-0.2, 0) is 11.2 Å². The number of rotatable bonds is 6. The zero-order chi connectivity index (χ0) is 19.2. The second-order valence-electron chi connectivity index (χ2n) is 6.21. The highest BCUT2D eigenvalue weighted by Crippen LogP contribution is 2.22. The summed E-state index contributed by atoms with van der Waals surface area (Å²) in [5.74, 6) is -0.911. The SMILES string of the molecule is NC(=O)[C@H](Cc1ccccc1)NC(=O)c1cccc(-c2ccc(Cl)cc2)c1. The van der Waals surface area contributed by atoms with E-state index >= 15 is 0 Å². The van der Waals surface area contributed by atoms with Gasteiger partial charge in [-0.25, -0.2) is 0 Å². The van der Waals surface area contributed by atoms with Gasteiger partial charge in [-0.3, -0.25) is 9.59 Å². The van der Waals surface area contributed by atoms with Crippen LogP contribution >= 0.6 is 11.6 Å². The van der Waals surface area contributed by atoms with Crippen LogP contribution in [0, 0.1) is 0 Å². The molecular formula is C22H19ClN2O2. The Kier molecular flexibility index (Phi) is 5.89. The maximum atomic E-state index is 12.6. The first-order chi connectivity index (χ1) is 13.0. The number of hydrogen-bond acceptors (Lipinski definition) is 2. The molecule has 0 aromatic heterocycles. The predicted molar refractivity (Wildman–Crippen MR) is 107 cm³/mol. The van der Waals surface area contributed by atoms with Gasteiger partial charge in [-0.1, -0.05) is 66.2 Å². The molecule has 3 rings (SSSR count). The third-order valence-electron chi connectivity index (χ3n) is 4.23. The summed E-state index contributed by atoms with van der Waals surface area (Å²) in [5.41, 5.74) is 8.70. The van der Waals surface area contributed by atoms with Crippen molar-refractivity contribution < 1.29 is 9.59 Å². The Morgan fingerprint density at radius 2 is 1.59 bits per heavy atom. The number of carbonyl (C=O) groups is 2. The summed E-state index contributed by atoms with van der Waals surface area (Å²) in [4.78, 5) is 24.4. The Hall–Kier alpha value is -3.11. The van der Waals surface area contributed by atoms with Crippen LogP contribution in [-0.4, -0.2) is 17.9 Å². The first-order valence-corrected chi connectivity index (χ1v) is 8.91. The van der Waals surface area contributed by atoms with E-state index < -0.39 is 11.9 Å². The van der Waals surface area contributed by atoms with E-state index in [2.05, 4.69) is 5.32 Å². The van der Waals surface area contributed by atoms with Gasteiger partial charge in [0, 0.05) is 17.0 Å². The molecule has 136 valence electrons. The van der Waals surface area contributed by atoms with E-state index in [1.54, 1.807) is 30.3 Å². The molecule has 0 saturated heterocycles. The average Bonchev–Trinajstić information content (AvgIpc) is 2.69. The zero-order valence-electron chi connectivity index (χ0n) is 14.6. The molecule has 5 heteroatoms. The van der Waals surface area contributed by atoms with Gasteiger partial charge >= 0.3 is 0 Å². The van der Waals surface area contributed by atoms with Crippen molar-refractivity contribution in [2.75, 3.05) is 0 Å². The van der Waals surface area contributed by atoms with E-state index in [-0.39, 0.29) is 5.91 Å². The molecule has 0 fully saturated rings. The van der Waals surface area contributed by atoms with Crippen molar-refractivity contribution >= 4 is 23.4 Å². The van der Waals surface area contributed by atoms with E-state index in [0.29, 0.717) is 17.0 Å². The van der Waals surface area contributed by atoms with Gasteiger partial charge in [0.05, 0.1) is 0 Å². The highest BCUT2D eigenvalue weighted by molar-refractivity contribution is 6.30. The summed E-state index contributed by atoms with van der Waals surface area (Å²) >= 11 is 5.93. The van der Waals surface area contributed by atoms with E-state index in [1.807, 2.05) is 48.5 Å². The average molecular weight is 379 g/mol. The molecule has 27 heavy (non-hydrogen) atoms. The molecular weight excluding hydrogens is 360 g/mol. The molecule has 3 N–H and O–H groups in total. The van der Waals surface area contributed by atoms with Gasteiger partial charge in [0.1, 0.15) is 6.04 Å². The van der Waals surface area contributed by atoms with Gasteiger partial charge in [0.25, 0.3) is 5.91 Å². The molecule has 0 aliphatic carbocycles. The monoisotopic (exact) mass is 378 g/mol. The van der Waals surface area contributed by atoms with Gasteiger partial charge in [-0.05, 0) is 41.0 Å². The van der Waals surface area contributed by atoms with Crippen LogP contribution in [0.25, 0.3) is 11.1 Å². The Bertz CT molecular complexity index is 940. The molecule has 0 bridgehead atoms. The lowest BCUT2D eigenvalue weighted by Crippen LogP contribution is -2.45. The fourth-order valence-electron chi connectivity index (χ4n) is 2.80. The lowest BCUT2D eigenvalue weighted by molar-refractivity contribution is -0.119. The summed E-state index contributed by atoms with van der Waals surface area (Å²) < 4.78 is 0. The summed E-state index contributed by atoms with van der Waals surface area (Å²) in [5, 5.41) is 3.39. The zero-order valence-corrected chi connectivity index (χ0v) is 15.3. The fraction of sp³-hybridized carbons (Fsp3) is 0.0909. The third-order valence-corrected chi connectivity index (χ3v) is 4.49. The van der Waals surface area contributed by atoms with Crippen molar-refractivity contribution in [3.05, 3.63) is 95.0 Å². The van der Waals surface area contributed by atoms with E-state index in [9.17, 15) is 9.59 Å². The highest BCUT2D eigenvalue weighted by atomic mass is 35.5. The van der Waals surface area contributed by atoms with Crippen molar-refractivity contribution in [3.63, 3.8) is 0 Å². The van der Waals surface area contributed by atoms with Gasteiger partial charge in [-0.15, -0.1) is 0 Å². The van der Waals surface area contributed by atoms with E-state index in [1.165, 1.54) is 0 Å². The smallest absolute Gasteiger partial charge is 0.251 e. The highest BCUT2D eigenvalue weighted by Gasteiger charge is 2.19. The van der Waals surface area contributed by atoms with Gasteiger partial charge in [0.2, 0.25) is 5.91 Å². The molecule has 3 aromatic rings. The van der Waals surface area contributed by atoms with Crippen LogP contribution in [0.5, 0.6) is 0 Å². The van der Waals surface area contributed by atoms with Crippen LogP contribution < -0.4 is 11.1 Å². The number of carbonyl (C=O) groups excluding carboxylic acids is 2. The van der Waals surface area contributed by atoms with Crippen molar-refractivity contribution in [3.8, 4) is 11.1 Å². The van der Waals surface area contributed by atoms with Gasteiger partial charge in [-0.2, -0.15) is 0 Å². The van der Waals surface area contributed by atoms with Crippen LogP contribution in [0.1, 0.15) is 15.9 Å². The summed E-state index contributed by atoms with van der Waals surface area (Å²) in [6, 6.07) is 23.2. The molecule has 3 aromatic carbocycles. The van der Waals surface area contributed by atoms with Gasteiger partial charge < -0.3 is 11.1 Å². The fourth-order valence-corrected chi connectivity index (χ4v) is 2.92. The molecule has 0 heterocycles. The van der Waals surface area contributed by atoms with Crippen molar-refractivity contribution in [1.82, 2.24) is 5.32 Å². The van der Waals surface area contributed by atoms with Crippen LogP contribution in [0.15, 0.2) is 78.9 Å². The van der Waals surface area contributed by atoms with Crippen LogP contribution in [0.4, 0.5) is 0 Å². The van der Waals surface area contributed by atoms with Crippen molar-refractivity contribution in [2.45, 2.75) is 12.5 Å². The van der Waals surface area contributed by atoms with Crippen molar-refractivity contribution in [2.24, 2.45) is 5.73 Å². The van der Waals surface area contributed by atoms with Crippen LogP contribution in [0.2, 0.25) is 5.02 Å². The number of nitrogens with one attached hydrogen (secondary N) is 1. The second-order valence-corrected chi connectivity index (χ2v) is 6.64. The number of hydrogen-bond donors (Lipinski definition) is 2. The number of amides is 2. The Morgan fingerprint density at radius 1 is 0.889 bits per heavy atom. The Balaban J connectivity index is 1.77. The minimum Gasteiger partial charge on any atom is -0.368 e. The predicted octanol–water partition coefficient (Wildman–Crippen LogP) is 3.83. The maximum absolute atomic E-state index is 12.6. The number of nitrogens with two attached hydrogens (primary N) is 1. The summed E-state index contributed by atoms with van der Waals surface area (Å²) in [6.07, 6.45) is 0.346. The summed E-state index contributed by atoms with van der Waals surface area (Å²) in [7, 11) is 0. The lowest BCUT2D eigenvalue weighted by Gasteiger charge is -2.16. The molecule has 0 unspecified atom stereocenters. The number of primary amides is 1.